The number of alkyl halides is 3. The van der Waals surface area contributed by atoms with Crippen molar-refractivity contribution in [2.24, 2.45) is 0 Å². The molecule has 122 valence electrons. The van der Waals surface area contributed by atoms with Crippen LogP contribution in [0.1, 0.15) is 24.3 Å². The largest absolute Gasteiger partial charge is 0.389 e. The lowest BCUT2D eigenvalue weighted by Crippen LogP contribution is -2.36. The van der Waals surface area contributed by atoms with Crippen molar-refractivity contribution in [1.82, 2.24) is 4.72 Å². The van der Waals surface area contributed by atoms with E-state index < -0.39 is 46.6 Å². The molecular formula is C13H14F3NO3S2. The maximum atomic E-state index is 12.1. The van der Waals surface area contributed by atoms with Gasteiger partial charge in [0.1, 0.15) is 0 Å². The standard InChI is InChI=1S/C13H14F3NO3S2/c14-13(15,16)6-3-7-22(19,20)17-12(18)10-8-21-11-5-2-1-4-9(10)11/h1-2,4-5,10H,3,6-8H2,(H,17,18)/t10-/m1/s1. The molecule has 0 fully saturated rings. The molecule has 4 nitrogen and oxygen atoms in total. The highest BCUT2D eigenvalue weighted by molar-refractivity contribution is 7.99. The summed E-state index contributed by atoms with van der Waals surface area (Å²) in [7, 11) is -4.05. The van der Waals surface area contributed by atoms with Gasteiger partial charge < -0.3 is 0 Å². The molecule has 0 unspecified atom stereocenters. The van der Waals surface area contributed by atoms with E-state index in [1.54, 1.807) is 12.1 Å². The van der Waals surface area contributed by atoms with Crippen LogP contribution in [0.5, 0.6) is 0 Å². The Labute approximate surface area is 130 Å². The fraction of sp³-hybridized carbons (Fsp3) is 0.462. The third-order valence-electron chi connectivity index (χ3n) is 3.15. The van der Waals surface area contributed by atoms with Gasteiger partial charge in [0.05, 0.1) is 11.7 Å². The second kappa shape index (κ2) is 6.49. The Balaban J connectivity index is 1.95. The topological polar surface area (TPSA) is 63.2 Å². The third-order valence-corrected chi connectivity index (χ3v) is 5.67. The minimum Gasteiger partial charge on any atom is -0.273 e. The van der Waals surface area contributed by atoms with E-state index in [0.717, 1.165) is 10.5 Å². The molecule has 1 heterocycles. The van der Waals surface area contributed by atoms with Crippen LogP contribution in [0.15, 0.2) is 29.2 Å². The van der Waals surface area contributed by atoms with E-state index in [1.165, 1.54) is 11.8 Å². The number of fused-ring (bicyclic) bond motifs is 1. The minimum absolute atomic E-state index is 0.420. The smallest absolute Gasteiger partial charge is 0.273 e. The number of hydrogen-bond acceptors (Lipinski definition) is 4. The number of nitrogens with one attached hydrogen (secondary N) is 1. The van der Waals surface area contributed by atoms with Gasteiger partial charge in [-0.15, -0.1) is 11.8 Å². The molecule has 0 saturated heterocycles. The first kappa shape index (κ1) is 17.1. The molecule has 0 saturated carbocycles. The molecule has 0 aliphatic carbocycles. The fourth-order valence-electron chi connectivity index (χ4n) is 2.12. The van der Waals surface area contributed by atoms with Crippen LogP contribution in [0.25, 0.3) is 0 Å². The Hall–Kier alpha value is -1.22. The third kappa shape index (κ3) is 4.64. The zero-order valence-corrected chi connectivity index (χ0v) is 13.0. The monoisotopic (exact) mass is 353 g/mol. The molecule has 1 N–H and O–H groups in total. The molecule has 22 heavy (non-hydrogen) atoms. The number of thioether (sulfide) groups is 1. The van der Waals surface area contributed by atoms with Gasteiger partial charge in [-0.05, 0) is 18.1 Å². The van der Waals surface area contributed by atoms with Gasteiger partial charge in [0.2, 0.25) is 15.9 Å². The van der Waals surface area contributed by atoms with Crippen molar-refractivity contribution in [3.05, 3.63) is 29.8 Å². The van der Waals surface area contributed by atoms with Gasteiger partial charge in [-0.1, -0.05) is 18.2 Å². The first-order valence-corrected chi connectivity index (χ1v) is 9.14. The van der Waals surface area contributed by atoms with E-state index in [1.807, 2.05) is 16.9 Å². The molecule has 1 aliphatic rings. The number of carbonyl (C=O) groups is 1. The van der Waals surface area contributed by atoms with Gasteiger partial charge in [0, 0.05) is 17.1 Å². The van der Waals surface area contributed by atoms with Gasteiger partial charge in [-0.25, -0.2) is 8.42 Å². The number of amides is 1. The van der Waals surface area contributed by atoms with Crippen molar-refractivity contribution in [3.8, 4) is 0 Å². The number of hydrogen-bond donors (Lipinski definition) is 1. The molecule has 1 amide bonds. The zero-order chi connectivity index (χ0) is 16.4. The van der Waals surface area contributed by atoms with E-state index in [4.69, 9.17) is 0 Å². The molecule has 9 heteroatoms. The number of benzene rings is 1. The molecule has 0 spiro atoms. The maximum absolute atomic E-state index is 12.1. The maximum Gasteiger partial charge on any atom is 0.389 e. The summed E-state index contributed by atoms with van der Waals surface area (Å²) in [5, 5.41) is 0. The van der Waals surface area contributed by atoms with Crippen molar-refractivity contribution < 1.29 is 26.4 Å². The summed E-state index contributed by atoms with van der Waals surface area (Å²) in [6, 6.07) is 7.16. The van der Waals surface area contributed by atoms with Gasteiger partial charge in [-0.3, -0.25) is 9.52 Å². The van der Waals surface area contributed by atoms with Gasteiger partial charge in [-0.2, -0.15) is 13.2 Å². The summed E-state index contributed by atoms with van der Waals surface area (Å²) >= 11 is 1.45. The molecule has 1 aliphatic heterocycles. The molecule has 0 aromatic heterocycles. The van der Waals surface area contributed by atoms with Crippen LogP contribution in [0.2, 0.25) is 0 Å². The predicted molar refractivity (Wildman–Crippen MR) is 77.1 cm³/mol. The van der Waals surface area contributed by atoms with Crippen molar-refractivity contribution >= 4 is 27.7 Å². The summed E-state index contributed by atoms with van der Waals surface area (Å²) in [4.78, 5) is 13.0. The van der Waals surface area contributed by atoms with Crippen LogP contribution in [-0.4, -0.2) is 32.0 Å². The lowest BCUT2D eigenvalue weighted by atomic mass is 10.0. The second-order valence-corrected chi connectivity index (χ2v) is 7.81. The summed E-state index contributed by atoms with van der Waals surface area (Å²) in [5.41, 5.74) is 0.746. The molecule has 2 rings (SSSR count). The highest BCUT2D eigenvalue weighted by atomic mass is 32.2. The van der Waals surface area contributed by atoms with Crippen LogP contribution in [0, 0.1) is 0 Å². The fourth-order valence-corrected chi connectivity index (χ4v) is 4.42. The Kier molecular flexibility index (Phi) is 5.06. The summed E-state index contributed by atoms with van der Waals surface area (Å²) in [5.74, 6) is -1.59. The predicted octanol–water partition coefficient (Wildman–Crippen LogP) is 2.66. The molecule has 0 radical (unpaired) electrons. The average Bonchev–Trinajstić information content (AvgIpc) is 2.79. The van der Waals surface area contributed by atoms with Gasteiger partial charge >= 0.3 is 6.18 Å². The van der Waals surface area contributed by atoms with Crippen LogP contribution in [0.3, 0.4) is 0 Å². The van der Waals surface area contributed by atoms with E-state index in [9.17, 15) is 26.4 Å². The number of halogens is 3. The van der Waals surface area contributed by atoms with Crippen molar-refractivity contribution in [2.45, 2.75) is 29.8 Å². The van der Waals surface area contributed by atoms with Crippen molar-refractivity contribution in [3.63, 3.8) is 0 Å². The minimum atomic E-state index is -4.40. The van der Waals surface area contributed by atoms with E-state index in [-0.39, 0.29) is 0 Å². The first-order chi connectivity index (χ1) is 10.2. The summed E-state index contributed by atoms with van der Waals surface area (Å²) < 4.78 is 61.3. The Morgan fingerprint density at radius 1 is 1.32 bits per heavy atom. The highest BCUT2D eigenvalue weighted by Gasteiger charge is 2.32. The molecule has 1 aromatic carbocycles. The van der Waals surface area contributed by atoms with Crippen LogP contribution in [-0.2, 0) is 14.8 Å². The number of sulfonamides is 1. The van der Waals surface area contributed by atoms with Crippen LogP contribution in [0.4, 0.5) is 13.2 Å². The molecular weight excluding hydrogens is 339 g/mol. The number of rotatable bonds is 5. The van der Waals surface area contributed by atoms with Crippen molar-refractivity contribution in [2.75, 3.05) is 11.5 Å². The Morgan fingerprint density at radius 3 is 2.68 bits per heavy atom. The Morgan fingerprint density at radius 2 is 2.00 bits per heavy atom. The molecule has 1 aromatic rings. The van der Waals surface area contributed by atoms with Crippen molar-refractivity contribution in [1.29, 1.82) is 0 Å². The Bertz CT molecular complexity index is 659. The zero-order valence-electron chi connectivity index (χ0n) is 11.4. The average molecular weight is 353 g/mol. The summed E-state index contributed by atoms with van der Waals surface area (Å²) in [6.07, 6.45) is -6.16. The lowest BCUT2D eigenvalue weighted by molar-refractivity contribution is -0.134. The molecule has 0 bridgehead atoms. The van der Waals surface area contributed by atoms with Crippen LogP contribution >= 0.6 is 11.8 Å². The van der Waals surface area contributed by atoms with Crippen LogP contribution < -0.4 is 4.72 Å². The quantitative estimate of drug-likeness (QED) is 0.884. The van der Waals surface area contributed by atoms with E-state index in [2.05, 4.69) is 0 Å². The van der Waals surface area contributed by atoms with Gasteiger partial charge in [0.25, 0.3) is 0 Å². The number of carbonyl (C=O) groups excluding carboxylic acids is 1. The molecule has 1 atom stereocenters. The highest BCUT2D eigenvalue weighted by Crippen LogP contribution is 2.39. The normalized spacial score (nSPS) is 18.0. The summed E-state index contributed by atoms with van der Waals surface area (Å²) in [6.45, 7) is 0. The second-order valence-electron chi connectivity index (χ2n) is 4.91. The van der Waals surface area contributed by atoms with E-state index >= 15 is 0 Å². The first-order valence-electron chi connectivity index (χ1n) is 6.51. The SMILES string of the molecule is O=C(NS(=O)(=O)CCCC(F)(F)F)[C@@H]1CSc2ccccc21. The lowest BCUT2D eigenvalue weighted by Gasteiger charge is -2.12. The van der Waals surface area contributed by atoms with Gasteiger partial charge in [0.15, 0.2) is 0 Å². The van der Waals surface area contributed by atoms with E-state index in [0.29, 0.717) is 5.75 Å².